The van der Waals surface area contributed by atoms with Crippen molar-refractivity contribution in [3.8, 4) is 0 Å². The van der Waals surface area contributed by atoms with E-state index in [4.69, 9.17) is 4.52 Å². The van der Waals surface area contributed by atoms with E-state index in [1.165, 1.54) is 4.88 Å². The molecule has 6 nitrogen and oxygen atoms in total. The van der Waals surface area contributed by atoms with Crippen LogP contribution in [0.1, 0.15) is 33.3 Å². The third-order valence-electron chi connectivity index (χ3n) is 3.48. The summed E-state index contributed by atoms with van der Waals surface area (Å²) in [6.45, 7) is 4.24. The maximum absolute atomic E-state index is 9.45. The van der Waals surface area contributed by atoms with Crippen molar-refractivity contribution in [3.63, 3.8) is 0 Å². The molecular formula is C14H16N4O2S. The first-order valence-electron chi connectivity index (χ1n) is 6.65. The molecule has 1 N–H and O–H groups in total. The van der Waals surface area contributed by atoms with Crippen LogP contribution < -0.4 is 0 Å². The predicted molar refractivity (Wildman–Crippen MR) is 78.1 cm³/mol. The van der Waals surface area contributed by atoms with Gasteiger partial charge in [0.1, 0.15) is 11.5 Å². The van der Waals surface area contributed by atoms with Crippen molar-refractivity contribution < 1.29 is 9.63 Å². The zero-order chi connectivity index (χ0) is 14.8. The molecule has 21 heavy (non-hydrogen) atoms. The van der Waals surface area contributed by atoms with Crippen molar-refractivity contribution in [2.24, 2.45) is 0 Å². The van der Waals surface area contributed by atoms with Gasteiger partial charge in [0.05, 0.1) is 24.5 Å². The number of nitrogens with zero attached hydrogens (tertiary/aromatic N) is 4. The summed E-state index contributed by atoms with van der Waals surface area (Å²) >= 11 is 1.68. The maximum Gasteiger partial charge on any atom is 0.138 e. The van der Waals surface area contributed by atoms with Crippen molar-refractivity contribution in [1.82, 2.24) is 20.2 Å². The molecule has 3 aromatic heterocycles. The van der Waals surface area contributed by atoms with Crippen LogP contribution in [-0.4, -0.2) is 25.3 Å². The van der Waals surface area contributed by atoms with E-state index in [1.54, 1.807) is 11.3 Å². The Bertz CT molecular complexity index is 711. The molecule has 0 unspecified atom stereocenters. The minimum atomic E-state index is -0.109. The monoisotopic (exact) mass is 304 g/mol. The van der Waals surface area contributed by atoms with Gasteiger partial charge in [0.25, 0.3) is 0 Å². The molecule has 0 saturated heterocycles. The van der Waals surface area contributed by atoms with Crippen molar-refractivity contribution in [3.05, 3.63) is 50.8 Å². The number of aliphatic hydroxyl groups excluding tert-OH is 1. The molecule has 0 spiro atoms. The zero-order valence-electron chi connectivity index (χ0n) is 11.9. The lowest BCUT2D eigenvalue weighted by Crippen LogP contribution is -2.09. The van der Waals surface area contributed by atoms with Crippen LogP contribution in [0.3, 0.4) is 0 Å². The van der Waals surface area contributed by atoms with Crippen LogP contribution in [0.2, 0.25) is 0 Å². The second-order valence-corrected chi connectivity index (χ2v) is 5.89. The van der Waals surface area contributed by atoms with E-state index in [2.05, 4.69) is 21.5 Å². The van der Waals surface area contributed by atoms with Crippen LogP contribution in [-0.2, 0) is 19.6 Å². The van der Waals surface area contributed by atoms with Gasteiger partial charge in [0.15, 0.2) is 0 Å². The first-order chi connectivity index (χ1) is 10.2. The normalized spacial score (nSPS) is 11.2. The topological polar surface area (TPSA) is 77.0 Å². The molecular weight excluding hydrogens is 288 g/mol. The molecule has 3 aromatic rings. The molecule has 110 valence electrons. The van der Waals surface area contributed by atoms with E-state index in [0.29, 0.717) is 18.7 Å². The van der Waals surface area contributed by atoms with Gasteiger partial charge < -0.3 is 9.63 Å². The van der Waals surface area contributed by atoms with Gasteiger partial charge >= 0.3 is 0 Å². The highest BCUT2D eigenvalue weighted by Gasteiger charge is 2.17. The summed E-state index contributed by atoms with van der Waals surface area (Å²) in [7, 11) is 0. The van der Waals surface area contributed by atoms with Crippen LogP contribution in [0.25, 0.3) is 0 Å². The average molecular weight is 304 g/mol. The van der Waals surface area contributed by atoms with Crippen LogP contribution in [0.4, 0.5) is 0 Å². The van der Waals surface area contributed by atoms with Gasteiger partial charge in [-0.2, -0.15) is 0 Å². The standard InChI is InChI=1S/C14H16N4O2S/c1-9-12(10(2)20-16-9)7-18-14(13(8-19)15-17-18)6-11-4-3-5-21-11/h3-5,19H,6-8H2,1-2H3. The van der Waals surface area contributed by atoms with Crippen LogP contribution in [0.5, 0.6) is 0 Å². The summed E-state index contributed by atoms with van der Waals surface area (Å²) in [5.74, 6) is 0.788. The number of aliphatic hydroxyl groups is 1. The molecule has 0 amide bonds. The molecule has 0 aliphatic rings. The molecule has 3 rings (SSSR count). The minimum absolute atomic E-state index is 0.109. The number of hydrogen-bond acceptors (Lipinski definition) is 6. The number of hydrogen-bond donors (Lipinski definition) is 1. The van der Waals surface area contributed by atoms with Gasteiger partial charge in [-0.3, -0.25) is 0 Å². The third kappa shape index (κ3) is 2.74. The summed E-state index contributed by atoms with van der Waals surface area (Å²) in [6, 6.07) is 4.08. The first-order valence-corrected chi connectivity index (χ1v) is 7.53. The van der Waals surface area contributed by atoms with E-state index in [0.717, 1.165) is 22.7 Å². The summed E-state index contributed by atoms with van der Waals surface area (Å²) in [4.78, 5) is 1.21. The minimum Gasteiger partial charge on any atom is -0.390 e. The van der Waals surface area contributed by atoms with Gasteiger partial charge in [-0.1, -0.05) is 16.4 Å². The smallest absolute Gasteiger partial charge is 0.138 e. The van der Waals surface area contributed by atoms with Crippen molar-refractivity contribution in [2.45, 2.75) is 33.4 Å². The molecule has 0 radical (unpaired) electrons. The van der Waals surface area contributed by atoms with Gasteiger partial charge in [-0.05, 0) is 25.3 Å². The highest BCUT2D eigenvalue weighted by Crippen LogP contribution is 2.20. The van der Waals surface area contributed by atoms with Gasteiger partial charge in [-0.15, -0.1) is 16.4 Å². The second kappa shape index (κ2) is 5.79. The molecule has 0 bridgehead atoms. The van der Waals surface area contributed by atoms with E-state index in [9.17, 15) is 5.11 Å². The number of aromatic nitrogens is 4. The summed E-state index contributed by atoms with van der Waals surface area (Å²) in [6.07, 6.45) is 0.712. The van der Waals surface area contributed by atoms with Crippen molar-refractivity contribution in [1.29, 1.82) is 0 Å². The number of rotatable bonds is 5. The molecule has 0 aliphatic carbocycles. The molecule has 0 atom stereocenters. The van der Waals surface area contributed by atoms with E-state index >= 15 is 0 Å². The Balaban J connectivity index is 1.93. The first kappa shape index (κ1) is 14.0. The summed E-state index contributed by atoms with van der Waals surface area (Å²) in [5.41, 5.74) is 3.42. The fourth-order valence-electron chi connectivity index (χ4n) is 2.27. The van der Waals surface area contributed by atoms with Crippen LogP contribution in [0, 0.1) is 13.8 Å². The second-order valence-electron chi connectivity index (χ2n) is 4.86. The van der Waals surface area contributed by atoms with Crippen LogP contribution in [0.15, 0.2) is 22.0 Å². The summed E-state index contributed by atoms with van der Waals surface area (Å²) < 4.78 is 7.00. The molecule has 3 heterocycles. The lowest BCUT2D eigenvalue weighted by molar-refractivity contribution is 0.275. The quantitative estimate of drug-likeness (QED) is 0.781. The molecule has 0 aromatic carbocycles. The van der Waals surface area contributed by atoms with E-state index in [1.807, 2.05) is 30.0 Å². The van der Waals surface area contributed by atoms with Crippen molar-refractivity contribution >= 4 is 11.3 Å². The Hall–Kier alpha value is -1.99. The Morgan fingerprint density at radius 3 is 2.86 bits per heavy atom. The average Bonchev–Trinajstić information content (AvgIpc) is 3.18. The van der Waals surface area contributed by atoms with Gasteiger partial charge in [0.2, 0.25) is 0 Å². The molecule has 7 heteroatoms. The highest BCUT2D eigenvalue weighted by molar-refractivity contribution is 7.09. The maximum atomic E-state index is 9.45. The predicted octanol–water partition coefficient (Wildman–Crippen LogP) is 2.08. The highest BCUT2D eigenvalue weighted by atomic mass is 32.1. The Morgan fingerprint density at radius 1 is 1.38 bits per heavy atom. The third-order valence-corrected chi connectivity index (χ3v) is 4.36. The Labute approximate surface area is 126 Å². The molecule has 0 aliphatic heterocycles. The van der Waals surface area contributed by atoms with Gasteiger partial charge in [-0.25, -0.2) is 4.68 Å². The Kier molecular flexibility index (Phi) is 3.85. The Morgan fingerprint density at radius 2 is 2.24 bits per heavy atom. The van der Waals surface area contributed by atoms with Crippen LogP contribution >= 0.6 is 11.3 Å². The lowest BCUT2D eigenvalue weighted by Gasteiger charge is -2.06. The van der Waals surface area contributed by atoms with E-state index in [-0.39, 0.29) is 6.61 Å². The fraction of sp³-hybridized carbons (Fsp3) is 0.357. The molecule has 0 saturated carbocycles. The summed E-state index contributed by atoms with van der Waals surface area (Å²) in [5, 5.41) is 23.7. The van der Waals surface area contributed by atoms with Crippen molar-refractivity contribution in [2.75, 3.05) is 0 Å². The van der Waals surface area contributed by atoms with Gasteiger partial charge in [0, 0.05) is 16.9 Å². The zero-order valence-corrected chi connectivity index (χ0v) is 12.7. The largest absolute Gasteiger partial charge is 0.390 e. The molecule has 0 fully saturated rings. The van der Waals surface area contributed by atoms with E-state index < -0.39 is 0 Å². The lowest BCUT2D eigenvalue weighted by atomic mass is 10.2. The fourth-order valence-corrected chi connectivity index (χ4v) is 2.98. The number of aryl methyl sites for hydroxylation is 2. The number of thiophene rings is 1. The SMILES string of the molecule is Cc1noc(C)c1Cn1nnc(CO)c1Cc1cccs1.